The van der Waals surface area contributed by atoms with Crippen molar-refractivity contribution in [2.24, 2.45) is 5.92 Å². The molecule has 2 fully saturated rings. The fraction of sp³-hybridized carbons (Fsp3) is 0.652. The molecule has 0 saturated carbocycles. The SMILES string of the molecule is COCCN1C[C@@H]2CN(CC(=O)N(C)CCc3ccccn3)C(=O)N2[C@@H](CC(C)C)C1=O. The number of urea groups is 1. The summed E-state index contributed by atoms with van der Waals surface area (Å²) in [5.41, 5.74) is 0.924. The van der Waals surface area contributed by atoms with Gasteiger partial charge in [0.25, 0.3) is 0 Å². The Morgan fingerprint density at radius 1 is 1.25 bits per heavy atom. The summed E-state index contributed by atoms with van der Waals surface area (Å²) < 4.78 is 5.16. The molecule has 2 atom stereocenters. The molecule has 3 heterocycles. The summed E-state index contributed by atoms with van der Waals surface area (Å²) in [6, 6.07) is 4.91. The van der Waals surface area contributed by atoms with E-state index < -0.39 is 6.04 Å². The number of rotatable bonds is 10. The lowest BCUT2D eigenvalue weighted by Gasteiger charge is -2.42. The van der Waals surface area contributed by atoms with E-state index in [0.29, 0.717) is 45.6 Å². The standard InChI is InChI=1S/C23H35N5O4/c1-17(2)13-20-22(30)26(11-12-32-4)14-19-15-27(23(31)28(19)20)16-21(29)25(3)10-8-18-7-5-6-9-24-18/h5-7,9,17,19-20H,8,10-16H2,1-4H3/t19-,20+/m1/s1. The zero-order valence-corrected chi connectivity index (χ0v) is 19.6. The zero-order chi connectivity index (χ0) is 23.3. The van der Waals surface area contributed by atoms with Crippen molar-refractivity contribution in [2.75, 3.05) is 53.5 Å². The minimum atomic E-state index is -0.486. The molecule has 1 aromatic heterocycles. The highest BCUT2D eigenvalue weighted by Crippen LogP contribution is 2.29. The Morgan fingerprint density at radius 2 is 2.00 bits per heavy atom. The van der Waals surface area contributed by atoms with Crippen LogP contribution in [0, 0.1) is 5.92 Å². The molecule has 0 aromatic carbocycles. The average molecular weight is 446 g/mol. The number of carbonyl (C=O) groups is 3. The predicted molar refractivity (Wildman–Crippen MR) is 120 cm³/mol. The van der Waals surface area contributed by atoms with Gasteiger partial charge in [-0.1, -0.05) is 19.9 Å². The highest BCUT2D eigenvalue weighted by atomic mass is 16.5. The lowest BCUT2D eigenvalue weighted by atomic mass is 9.97. The quantitative estimate of drug-likeness (QED) is 0.538. The molecule has 2 aliphatic heterocycles. The Hall–Kier alpha value is -2.68. The largest absolute Gasteiger partial charge is 0.383 e. The van der Waals surface area contributed by atoms with Gasteiger partial charge in [-0.05, 0) is 24.5 Å². The maximum Gasteiger partial charge on any atom is 0.321 e. The summed E-state index contributed by atoms with van der Waals surface area (Å²) in [5.74, 6) is 0.131. The minimum Gasteiger partial charge on any atom is -0.383 e. The van der Waals surface area contributed by atoms with Crippen LogP contribution in [0.2, 0.25) is 0 Å². The van der Waals surface area contributed by atoms with Crippen LogP contribution in [0.25, 0.3) is 0 Å². The number of aromatic nitrogens is 1. The van der Waals surface area contributed by atoms with Crippen molar-refractivity contribution in [3.8, 4) is 0 Å². The molecule has 9 heteroatoms. The first-order chi connectivity index (χ1) is 15.3. The van der Waals surface area contributed by atoms with Crippen molar-refractivity contribution in [1.29, 1.82) is 0 Å². The van der Waals surface area contributed by atoms with Crippen LogP contribution in [0.4, 0.5) is 4.79 Å². The van der Waals surface area contributed by atoms with Crippen molar-refractivity contribution >= 4 is 17.8 Å². The number of nitrogens with zero attached hydrogens (tertiary/aromatic N) is 5. The van der Waals surface area contributed by atoms with Crippen LogP contribution in [-0.4, -0.2) is 108 Å². The van der Waals surface area contributed by atoms with Gasteiger partial charge in [0.1, 0.15) is 12.6 Å². The molecule has 32 heavy (non-hydrogen) atoms. The van der Waals surface area contributed by atoms with Crippen molar-refractivity contribution in [2.45, 2.75) is 38.8 Å². The van der Waals surface area contributed by atoms with Crippen LogP contribution < -0.4 is 0 Å². The van der Waals surface area contributed by atoms with E-state index in [4.69, 9.17) is 4.74 Å². The molecular formula is C23H35N5O4. The predicted octanol–water partition coefficient (Wildman–Crippen LogP) is 1.09. The maximum absolute atomic E-state index is 13.2. The number of carbonyl (C=O) groups excluding carboxylic acids is 3. The molecule has 4 amide bonds. The van der Waals surface area contributed by atoms with Crippen LogP contribution in [0.15, 0.2) is 24.4 Å². The van der Waals surface area contributed by atoms with E-state index >= 15 is 0 Å². The second-order valence-corrected chi connectivity index (χ2v) is 9.03. The highest BCUT2D eigenvalue weighted by Gasteiger charge is 2.49. The van der Waals surface area contributed by atoms with Crippen LogP contribution in [0.5, 0.6) is 0 Å². The minimum absolute atomic E-state index is 0.0191. The van der Waals surface area contributed by atoms with E-state index in [0.717, 1.165) is 5.69 Å². The second-order valence-electron chi connectivity index (χ2n) is 9.03. The summed E-state index contributed by atoms with van der Waals surface area (Å²) in [6.07, 6.45) is 3.00. The summed E-state index contributed by atoms with van der Waals surface area (Å²) in [5, 5.41) is 0. The van der Waals surface area contributed by atoms with Crippen molar-refractivity contribution in [1.82, 2.24) is 24.6 Å². The van der Waals surface area contributed by atoms with Gasteiger partial charge in [0.2, 0.25) is 11.8 Å². The molecule has 0 spiro atoms. The monoisotopic (exact) mass is 445 g/mol. The Labute approximate surface area is 190 Å². The third kappa shape index (κ3) is 5.56. The van der Waals surface area contributed by atoms with E-state index in [2.05, 4.69) is 18.8 Å². The number of pyridine rings is 1. The van der Waals surface area contributed by atoms with Gasteiger partial charge in [-0.3, -0.25) is 14.6 Å². The first kappa shape index (κ1) is 24.0. The van der Waals surface area contributed by atoms with Gasteiger partial charge in [0.05, 0.1) is 12.6 Å². The zero-order valence-electron chi connectivity index (χ0n) is 19.6. The molecule has 0 aliphatic carbocycles. The van der Waals surface area contributed by atoms with E-state index in [1.165, 1.54) is 0 Å². The molecule has 0 bridgehead atoms. The van der Waals surface area contributed by atoms with Gasteiger partial charge in [-0.25, -0.2) is 4.79 Å². The topological polar surface area (TPSA) is 86.3 Å². The third-order valence-corrected chi connectivity index (χ3v) is 6.12. The van der Waals surface area contributed by atoms with Crippen molar-refractivity contribution in [3.63, 3.8) is 0 Å². The second kappa shape index (κ2) is 10.8. The Morgan fingerprint density at radius 3 is 2.66 bits per heavy atom. The summed E-state index contributed by atoms with van der Waals surface area (Å²) in [7, 11) is 3.36. The first-order valence-corrected chi connectivity index (χ1v) is 11.3. The number of methoxy groups -OCH3 is 1. The number of amides is 4. The fourth-order valence-corrected chi connectivity index (χ4v) is 4.38. The van der Waals surface area contributed by atoms with E-state index in [-0.39, 0.29) is 36.3 Å². The first-order valence-electron chi connectivity index (χ1n) is 11.3. The number of hydrogen-bond donors (Lipinski definition) is 0. The van der Waals surface area contributed by atoms with Crippen molar-refractivity contribution in [3.05, 3.63) is 30.1 Å². The fourth-order valence-electron chi connectivity index (χ4n) is 4.38. The number of ether oxygens (including phenoxy) is 1. The lowest BCUT2D eigenvalue weighted by Crippen LogP contribution is -2.61. The summed E-state index contributed by atoms with van der Waals surface area (Å²) in [6.45, 7) is 6.55. The Bertz CT molecular complexity index is 803. The van der Waals surface area contributed by atoms with E-state index in [9.17, 15) is 14.4 Å². The smallest absolute Gasteiger partial charge is 0.321 e. The molecule has 3 rings (SSSR count). The number of fused-ring (bicyclic) bond motifs is 1. The van der Waals surface area contributed by atoms with Crippen LogP contribution in [-0.2, 0) is 20.7 Å². The molecule has 1 aromatic rings. The Kier molecular flexibility index (Phi) is 8.06. The van der Waals surface area contributed by atoms with Gasteiger partial charge in [0, 0.05) is 58.6 Å². The molecule has 9 nitrogen and oxygen atoms in total. The maximum atomic E-state index is 13.2. The van der Waals surface area contributed by atoms with Gasteiger partial charge in [-0.2, -0.15) is 0 Å². The summed E-state index contributed by atoms with van der Waals surface area (Å²) in [4.78, 5) is 50.1. The highest BCUT2D eigenvalue weighted by molar-refractivity contribution is 5.91. The van der Waals surface area contributed by atoms with E-state index in [1.807, 2.05) is 18.2 Å². The van der Waals surface area contributed by atoms with Crippen LogP contribution in [0.3, 0.4) is 0 Å². The van der Waals surface area contributed by atoms with Crippen LogP contribution >= 0.6 is 0 Å². The van der Waals surface area contributed by atoms with Gasteiger partial charge in [-0.15, -0.1) is 0 Å². The molecule has 2 saturated heterocycles. The molecular weight excluding hydrogens is 410 g/mol. The number of hydrogen-bond acceptors (Lipinski definition) is 5. The molecule has 0 unspecified atom stereocenters. The molecule has 2 aliphatic rings. The Balaban J connectivity index is 1.63. The molecule has 0 N–H and O–H groups in total. The molecule has 0 radical (unpaired) electrons. The number of piperazine rings is 1. The average Bonchev–Trinajstić information content (AvgIpc) is 3.08. The number of likely N-dealkylation sites (N-methyl/N-ethyl adjacent to an activating group) is 1. The molecule has 176 valence electrons. The van der Waals surface area contributed by atoms with Gasteiger partial charge < -0.3 is 24.3 Å². The van der Waals surface area contributed by atoms with E-state index in [1.54, 1.807) is 40.0 Å². The van der Waals surface area contributed by atoms with Gasteiger partial charge >= 0.3 is 6.03 Å². The third-order valence-electron chi connectivity index (χ3n) is 6.12. The van der Waals surface area contributed by atoms with Crippen molar-refractivity contribution < 1.29 is 19.1 Å². The van der Waals surface area contributed by atoms with Gasteiger partial charge in [0.15, 0.2) is 0 Å². The summed E-state index contributed by atoms with van der Waals surface area (Å²) >= 11 is 0. The lowest BCUT2D eigenvalue weighted by molar-refractivity contribution is -0.143. The van der Waals surface area contributed by atoms with Crippen LogP contribution in [0.1, 0.15) is 26.0 Å². The normalized spacial score (nSPS) is 20.8.